The molecule has 0 aliphatic heterocycles. The molecule has 0 radical (unpaired) electrons. The molecule has 2 rings (SSSR count). The van der Waals surface area contributed by atoms with Gasteiger partial charge in [0.05, 0.1) is 12.4 Å². The van der Waals surface area contributed by atoms with E-state index in [0.717, 1.165) is 22.1 Å². The molecule has 1 N–H and O–H groups in total. The van der Waals surface area contributed by atoms with Gasteiger partial charge in [0, 0.05) is 10.9 Å². The average Bonchev–Trinajstić information content (AvgIpc) is 2.48. The van der Waals surface area contributed by atoms with Crippen LogP contribution in [0.25, 0.3) is 11.0 Å². The van der Waals surface area contributed by atoms with E-state index in [9.17, 15) is 5.11 Å². The number of aryl methyl sites for hydroxylation is 1. The number of fused-ring (bicyclic) bond motifs is 1. The summed E-state index contributed by atoms with van der Waals surface area (Å²) in [7, 11) is 0. The molecule has 0 saturated carbocycles. The first kappa shape index (κ1) is 8.32. The van der Waals surface area contributed by atoms with Crippen molar-refractivity contribution >= 4 is 11.0 Å². The van der Waals surface area contributed by atoms with Gasteiger partial charge in [0.25, 0.3) is 0 Å². The number of hydrogen-bond donors (Lipinski definition) is 1. The minimum atomic E-state index is -0.478. The summed E-state index contributed by atoms with van der Waals surface area (Å²) in [5, 5.41) is 10.6. The summed E-state index contributed by atoms with van der Waals surface area (Å²) in [6.45, 7) is 3.74. The third-order valence-electron chi connectivity index (χ3n) is 2.27. The highest BCUT2D eigenvalue weighted by atomic mass is 16.3. The van der Waals surface area contributed by atoms with Crippen LogP contribution in [0.15, 0.2) is 28.9 Å². The van der Waals surface area contributed by atoms with E-state index in [0.29, 0.717) is 0 Å². The summed E-state index contributed by atoms with van der Waals surface area (Å²) in [6.07, 6.45) is 1.24. The lowest BCUT2D eigenvalue weighted by molar-refractivity contribution is 0.199. The molecule has 2 heteroatoms. The number of benzene rings is 1. The van der Waals surface area contributed by atoms with Crippen molar-refractivity contribution in [3.05, 3.63) is 35.6 Å². The van der Waals surface area contributed by atoms with Crippen LogP contribution in [0.5, 0.6) is 0 Å². The summed E-state index contributed by atoms with van der Waals surface area (Å²) in [6, 6.07) is 5.82. The Hall–Kier alpha value is -1.28. The zero-order valence-corrected chi connectivity index (χ0v) is 7.74. The molecule has 0 saturated heterocycles. The first-order valence-corrected chi connectivity index (χ1v) is 4.35. The average molecular weight is 176 g/mol. The molecular formula is C11H12O2. The molecule has 1 heterocycles. The molecule has 2 nitrogen and oxygen atoms in total. The lowest BCUT2D eigenvalue weighted by atomic mass is 10.1. The van der Waals surface area contributed by atoms with E-state index < -0.39 is 6.10 Å². The van der Waals surface area contributed by atoms with E-state index in [1.54, 1.807) is 13.2 Å². The van der Waals surface area contributed by atoms with Crippen LogP contribution in [0, 0.1) is 6.92 Å². The highest BCUT2D eigenvalue weighted by molar-refractivity contribution is 5.83. The Morgan fingerprint density at radius 3 is 2.85 bits per heavy atom. The zero-order chi connectivity index (χ0) is 9.42. The van der Waals surface area contributed by atoms with E-state index in [2.05, 4.69) is 0 Å². The predicted molar refractivity (Wildman–Crippen MR) is 51.6 cm³/mol. The van der Waals surface area contributed by atoms with Crippen molar-refractivity contribution in [1.82, 2.24) is 0 Å². The summed E-state index contributed by atoms with van der Waals surface area (Å²) in [4.78, 5) is 0. The van der Waals surface area contributed by atoms with E-state index in [4.69, 9.17) is 4.42 Å². The molecule has 0 amide bonds. The fourth-order valence-corrected chi connectivity index (χ4v) is 1.54. The maximum absolute atomic E-state index is 9.47. The molecule has 68 valence electrons. The van der Waals surface area contributed by atoms with Crippen LogP contribution in [0.1, 0.15) is 24.2 Å². The standard InChI is InChI=1S/C11H12O2/c1-7-6-13-11-9(7)4-3-5-10(11)8(2)12/h3-6,8,12H,1-2H3. The van der Waals surface area contributed by atoms with E-state index in [1.165, 1.54) is 0 Å². The van der Waals surface area contributed by atoms with Crippen LogP contribution in [0.3, 0.4) is 0 Å². The van der Waals surface area contributed by atoms with Crippen molar-refractivity contribution in [2.24, 2.45) is 0 Å². The van der Waals surface area contributed by atoms with Crippen molar-refractivity contribution in [3.63, 3.8) is 0 Å². The van der Waals surface area contributed by atoms with Crippen LogP contribution < -0.4 is 0 Å². The van der Waals surface area contributed by atoms with Crippen molar-refractivity contribution in [2.45, 2.75) is 20.0 Å². The van der Waals surface area contributed by atoms with Crippen LogP contribution in [0.2, 0.25) is 0 Å². The van der Waals surface area contributed by atoms with Crippen LogP contribution in [-0.2, 0) is 0 Å². The van der Waals surface area contributed by atoms with Gasteiger partial charge in [0.2, 0.25) is 0 Å². The van der Waals surface area contributed by atoms with Crippen molar-refractivity contribution in [3.8, 4) is 0 Å². The van der Waals surface area contributed by atoms with Gasteiger partial charge < -0.3 is 9.52 Å². The van der Waals surface area contributed by atoms with Crippen molar-refractivity contribution < 1.29 is 9.52 Å². The molecule has 1 unspecified atom stereocenters. The summed E-state index contributed by atoms with van der Waals surface area (Å²) < 4.78 is 5.38. The molecular weight excluding hydrogens is 164 g/mol. The van der Waals surface area contributed by atoms with Gasteiger partial charge in [0.1, 0.15) is 5.58 Å². The number of aliphatic hydroxyl groups excluding tert-OH is 1. The zero-order valence-electron chi connectivity index (χ0n) is 7.74. The number of rotatable bonds is 1. The van der Waals surface area contributed by atoms with Gasteiger partial charge in [-0.1, -0.05) is 18.2 Å². The van der Waals surface area contributed by atoms with Gasteiger partial charge in [-0.2, -0.15) is 0 Å². The Kier molecular flexibility index (Phi) is 1.85. The highest BCUT2D eigenvalue weighted by Gasteiger charge is 2.10. The summed E-state index contributed by atoms with van der Waals surface area (Å²) >= 11 is 0. The number of para-hydroxylation sites is 1. The second-order valence-corrected chi connectivity index (χ2v) is 3.32. The molecule has 1 aromatic carbocycles. The molecule has 2 aromatic rings. The lowest BCUT2D eigenvalue weighted by Crippen LogP contribution is -1.90. The topological polar surface area (TPSA) is 33.4 Å². The van der Waals surface area contributed by atoms with Crippen LogP contribution in [-0.4, -0.2) is 5.11 Å². The van der Waals surface area contributed by atoms with E-state index in [1.807, 2.05) is 25.1 Å². The van der Waals surface area contributed by atoms with Gasteiger partial charge in [-0.3, -0.25) is 0 Å². The normalized spacial score (nSPS) is 13.5. The highest BCUT2D eigenvalue weighted by Crippen LogP contribution is 2.27. The Balaban J connectivity index is 2.77. The molecule has 0 bridgehead atoms. The van der Waals surface area contributed by atoms with E-state index in [-0.39, 0.29) is 0 Å². The van der Waals surface area contributed by atoms with Gasteiger partial charge in [-0.05, 0) is 19.4 Å². The number of furan rings is 1. The van der Waals surface area contributed by atoms with Gasteiger partial charge >= 0.3 is 0 Å². The monoisotopic (exact) mass is 176 g/mol. The summed E-state index contributed by atoms with van der Waals surface area (Å²) in [5.74, 6) is 0. The first-order valence-electron chi connectivity index (χ1n) is 4.35. The fourth-order valence-electron chi connectivity index (χ4n) is 1.54. The molecule has 1 atom stereocenters. The molecule has 1 aromatic heterocycles. The maximum Gasteiger partial charge on any atom is 0.139 e. The van der Waals surface area contributed by atoms with Crippen molar-refractivity contribution in [1.29, 1.82) is 0 Å². The quantitative estimate of drug-likeness (QED) is 0.724. The van der Waals surface area contributed by atoms with Gasteiger partial charge in [0.15, 0.2) is 0 Å². The Morgan fingerprint density at radius 2 is 2.15 bits per heavy atom. The molecule has 0 aliphatic carbocycles. The van der Waals surface area contributed by atoms with Crippen molar-refractivity contribution in [2.75, 3.05) is 0 Å². The van der Waals surface area contributed by atoms with E-state index >= 15 is 0 Å². The Bertz CT molecular complexity index is 427. The van der Waals surface area contributed by atoms with Gasteiger partial charge in [-0.25, -0.2) is 0 Å². The smallest absolute Gasteiger partial charge is 0.139 e. The summed E-state index contributed by atoms with van der Waals surface area (Å²) in [5.41, 5.74) is 2.76. The minimum absolute atomic E-state index is 0.478. The number of aliphatic hydroxyl groups is 1. The lowest BCUT2D eigenvalue weighted by Gasteiger charge is -2.04. The largest absolute Gasteiger partial charge is 0.464 e. The first-order chi connectivity index (χ1) is 6.20. The Labute approximate surface area is 76.8 Å². The third-order valence-corrected chi connectivity index (χ3v) is 2.27. The predicted octanol–water partition coefficient (Wildman–Crippen LogP) is 2.79. The van der Waals surface area contributed by atoms with Crippen LogP contribution in [0.4, 0.5) is 0 Å². The second-order valence-electron chi connectivity index (χ2n) is 3.32. The third kappa shape index (κ3) is 1.23. The molecule has 0 spiro atoms. The molecule has 0 fully saturated rings. The molecule has 13 heavy (non-hydrogen) atoms. The maximum atomic E-state index is 9.47. The van der Waals surface area contributed by atoms with Gasteiger partial charge in [-0.15, -0.1) is 0 Å². The number of hydrogen-bond acceptors (Lipinski definition) is 2. The minimum Gasteiger partial charge on any atom is -0.464 e. The second kappa shape index (κ2) is 2.89. The Morgan fingerprint density at radius 1 is 1.38 bits per heavy atom. The van der Waals surface area contributed by atoms with Crippen LogP contribution >= 0.6 is 0 Å². The molecule has 0 aliphatic rings. The fraction of sp³-hybridized carbons (Fsp3) is 0.273. The SMILES string of the molecule is Cc1coc2c(C(C)O)cccc12.